The molecule has 1 aliphatic carbocycles. The second-order valence-corrected chi connectivity index (χ2v) is 8.58. The molecule has 0 spiro atoms. The molecule has 3 heteroatoms. The summed E-state index contributed by atoms with van der Waals surface area (Å²) in [7, 11) is 0. The Balaban J connectivity index is 2.89. The number of hydrogen-bond donors (Lipinski definition) is 1. The number of aliphatic hydroxyl groups excluding tert-OH is 1. The van der Waals surface area contributed by atoms with E-state index in [2.05, 4.69) is 41.5 Å². The Bertz CT molecular complexity index is 311. The molecule has 2 atom stereocenters. The minimum atomic E-state index is -0.274. The number of aliphatic hydroxyl groups is 1. The third-order valence-corrected chi connectivity index (χ3v) is 4.75. The van der Waals surface area contributed by atoms with Gasteiger partial charge in [0, 0.05) is 6.92 Å². The van der Waals surface area contributed by atoms with E-state index in [4.69, 9.17) is 4.74 Å². The molecule has 0 aromatic carbocycles. The van der Waals surface area contributed by atoms with Crippen LogP contribution in [0.1, 0.15) is 61.3 Å². The van der Waals surface area contributed by atoms with Crippen LogP contribution in [0, 0.1) is 28.6 Å². The van der Waals surface area contributed by atoms with Crippen molar-refractivity contribution in [1.29, 1.82) is 0 Å². The molecule has 0 aromatic rings. The molecule has 1 aliphatic rings. The Morgan fingerprint density at radius 3 is 1.75 bits per heavy atom. The summed E-state index contributed by atoms with van der Waals surface area (Å²) in [5.41, 5.74) is 0.135. The van der Waals surface area contributed by atoms with E-state index >= 15 is 0 Å². The van der Waals surface area contributed by atoms with Crippen molar-refractivity contribution in [3.63, 3.8) is 0 Å². The molecule has 0 heterocycles. The van der Waals surface area contributed by atoms with Crippen LogP contribution in [0.15, 0.2) is 0 Å². The Kier molecular flexibility index (Phi) is 5.29. The molecule has 1 saturated carbocycles. The van der Waals surface area contributed by atoms with Gasteiger partial charge in [0.25, 0.3) is 0 Å². The van der Waals surface area contributed by atoms with Crippen molar-refractivity contribution in [3.8, 4) is 0 Å². The SMILES string of the molecule is CC(=O)OCC1CC(C(C)(C)C)C(O)C(C(C)(C)C)C1. The second-order valence-electron chi connectivity index (χ2n) is 8.58. The summed E-state index contributed by atoms with van der Waals surface area (Å²) >= 11 is 0. The lowest BCUT2D eigenvalue weighted by atomic mass is 9.59. The monoisotopic (exact) mass is 284 g/mol. The van der Waals surface area contributed by atoms with Crippen LogP contribution >= 0.6 is 0 Å². The normalized spacial score (nSPS) is 32.0. The summed E-state index contributed by atoms with van der Waals surface area (Å²) in [4.78, 5) is 11.0. The van der Waals surface area contributed by atoms with Crippen LogP contribution in [-0.2, 0) is 9.53 Å². The average Bonchev–Trinajstić information content (AvgIpc) is 2.24. The average molecular weight is 284 g/mol. The quantitative estimate of drug-likeness (QED) is 0.787. The summed E-state index contributed by atoms with van der Waals surface area (Å²) < 4.78 is 5.22. The van der Waals surface area contributed by atoms with Gasteiger partial charge in [-0.05, 0) is 41.4 Å². The first-order valence-corrected chi connectivity index (χ1v) is 7.74. The maximum Gasteiger partial charge on any atom is 0.302 e. The van der Waals surface area contributed by atoms with Gasteiger partial charge < -0.3 is 9.84 Å². The zero-order valence-electron chi connectivity index (χ0n) is 14.2. The fraction of sp³-hybridized carbons (Fsp3) is 0.941. The summed E-state index contributed by atoms with van der Waals surface area (Å²) in [5.74, 6) is 0.647. The van der Waals surface area contributed by atoms with Gasteiger partial charge in [-0.1, -0.05) is 41.5 Å². The van der Waals surface area contributed by atoms with Gasteiger partial charge in [-0.15, -0.1) is 0 Å². The van der Waals surface area contributed by atoms with Gasteiger partial charge in [-0.3, -0.25) is 4.79 Å². The summed E-state index contributed by atoms with van der Waals surface area (Å²) in [6.45, 7) is 15.1. The van der Waals surface area contributed by atoms with Crippen LogP contribution in [-0.4, -0.2) is 23.8 Å². The summed E-state index contributed by atoms with van der Waals surface area (Å²) in [6.07, 6.45) is 1.60. The van der Waals surface area contributed by atoms with Crippen molar-refractivity contribution in [2.45, 2.75) is 67.4 Å². The van der Waals surface area contributed by atoms with Gasteiger partial charge in [0.15, 0.2) is 0 Å². The van der Waals surface area contributed by atoms with E-state index in [1.54, 1.807) is 0 Å². The fourth-order valence-corrected chi connectivity index (χ4v) is 3.48. The number of rotatable bonds is 2. The van der Waals surface area contributed by atoms with E-state index in [0.717, 1.165) is 12.8 Å². The molecule has 1 N–H and O–H groups in total. The number of carbonyl (C=O) groups is 1. The maximum atomic E-state index is 11.0. The summed E-state index contributed by atoms with van der Waals surface area (Å²) in [5, 5.41) is 10.8. The lowest BCUT2D eigenvalue weighted by Crippen LogP contribution is -2.48. The van der Waals surface area contributed by atoms with Crippen LogP contribution in [0.2, 0.25) is 0 Å². The molecule has 3 nitrogen and oxygen atoms in total. The van der Waals surface area contributed by atoms with Crippen LogP contribution in [0.5, 0.6) is 0 Å². The van der Waals surface area contributed by atoms with E-state index in [9.17, 15) is 9.90 Å². The molecule has 2 unspecified atom stereocenters. The van der Waals surface area contributed by atoms with Crippen LogP contribution in [0.3, 0.4) is 0 Å². The highest BCUT2D eigenvalue weighted by Gasteiger charge is 2.46. The molecule has 1 rings (SSSR count). The van der Waals surface area contributed by atoms with E-state index in [0.29, 0.717) is 12.5 Å². The third kappa shape index (κ3) is 4.47. The van der Waals surface area contributed by atoms with Gasteiger partial charge in [0.1, 0.15) is 0 Å². The lowest BCUT2D eigenvalue weighted by Gasteiger charge is -2.49. The van der Waals surface area contributed by atoms with E-state index in [1.807, 2.05) is 0 Å². The first kappa shape index (κ1) is 17.5. The molecule has 0 bridgehead atoms. The number of hydrogen-bond acceptors (Lipinski definition) is 3. The number of ether oxygens (including phenoxy) is 1. The molecule has 118 valence electrons. The van der Waals surface area contributed by atoms with Crippen molar-refractivity contribution in [3.05, 3.63) is 0 Å². The molecule has 0 saturated heterocycles. The highest BCUT2D eigenvalue weighted by molar-refractivity contribution is 5.65. The van der Waals surface area contributed by atoms with Crippen molar-refractivity contribution >= 4 is 5.97 Å². The zero-order chi connectivity index (χ0) is 15.7. The minimum Gasteiger partial charge on any atom is -0.466 e. The first-order valence-electron chi connectivity index (χ1n) is 7.74. The van der Waals surface area contributed by atoms with Crippen LogP contribution < -0.4 is 0 Å². The Labute approximate surface area is 124 Å². The van der Waals surface area contributed by atoms with Crippen LogP contribution in [0.4, 0.5) is 0 Å². The molecule has 1 fully saturated rings. The van der Waals surface area contributed by atoms with Gasteiger partial charge >= 0.3 is 5.97 Å². The molecular weight excluding hydrogens is 252 g/mol. The first-order chi connectivity index (χ1) is 8.93. The predicted molar refractivity (Wildman–Crippen MR) is 81.3 cm³/mol. The molecule has 20 heavy (non-hydrogen) atoms. The van der Waals surface area contributed by atoms with Gasteiger partial charge in [-0.2, -0.15) is 0 Å². The van der Waals surface area contributed by atoms with Crippen molar-refractivity contribution < 1.29 is 14.6 Å². The largest absolute Gasteiger partial charge is 0.466 e. The van der Waals surface area contributed by atoms with Crippen molar-refractivity contribution in [2.75, 3.05) is 6.61 Å². The van der Waals surface area contributed by atoms with Crippen molar-refractivity contribution in [2.24, 2.45) is 28.6 Å². The predicted octanol–water partition coefficient (Wildman–Crippen LogP) is 3.65. The van der Waals surface area contributed by atoms with E-state index < -0.39 is 0 Å². The van der Waals surface area contributed by atoms with E-state index in [-0.39, 0.29) is 34.7 Å². The standard InChI is InChI=1S/C17H32O3/c1-11(18)20-10-12-8-13(16(2,3)4)15(19)14(9-12)17(5,6)7/h12-15,19H,8-10H2,1-7H3. The second kappa shape index (κ2) is 6.05. The molecular formula is C17H32O3. The molecule has 0 aliphatic heterocycles. The third-order valence-electron chi connectivity index (χ3n) is 4.75. The van der Waals surface area contributed by atoms with Crippen molar-refractivity contribution in [1.82, 2.24) is 0 Å². The van der Waals surface area contributed by atoms with Gasteiger partial charge in [0.2, 0.25) is 0 Å². The Morgan fingerprint density at radius 2 is 1.45 bits per heavy atom. The van der Waals surface area contributed by atoms with E-state index in [1.165, 1.54) is 6.92 Å². The minimum absolute atomic E-state index is 0.0673. The Morgan fingerprint density at radius 1 is 1.05 bits per heavy atom. The zero-order valence-corrected chi connectivity index (χ0v) is 14.2. The molecule has 0 aromatic heterocycles. The van der Waals surface area contributed by atoms with Crippen LogP contribution in [0.25, 0.3) is 0 Å². The Hall–Kier alpha value is -0.570. The topological polar surface area (TPSA) is 46.5 Å². The smallest absolute Gasteiger partial charge is 0.302 e. The maximum absolute atomic E-state index is 11.0. The molecule has 0 radical (unpaired) electrons. The highest BCUT2D eigenvalue weighted by Crippen LogP contribution is 2.48. The lowest BCUT2D eigenvalue weighted by molar-refractivity contribution is -0.145. The fourth-order valence-electron chi connectivity index (χ4n) is 3.48. The van der Waals surface area contributed by atoms with Gasteiger partial charge in [0.05, 0.1) is 12.7 Å². The van der Waals surface area contributed by atoms with Gasteiger partial charge in [-0.25, -0.2) is 0 Å². The highest BCUT2D eigenvalue weighted by atomic mass is 16.5. The number of carbonyl (C=O) groups excluding carboxylic acids is 1. The molecule has 0 amide bonds. The number of esters is 1. The summed E-state index contributed by atoms with van der Waals surface area (Å²) in [6, 6.07) is 0.